The van der Waals surface area contributed by atoms with Crippen LogP contribution in [-0.2, 0) is 9.63 Å². The van der Waals surface area contributed by atoms with Crippen molar-refractivity contribution in [2.75, 3.05) is 5.32 Å². The molecule has 0 saturated carbocycles. The highest BCUT2D eigenvalue weighted by Gasteiger charge is 2.29. The van der Waals surface area contributed by atoms with Gasteiger partial charge in [-0.25, -0.2) is 0 Å². The molecule has 1 aliphatic rings. The van der Waals surface area contributed by atoms with Gasteiger partial charge in [0.15, 0.2) is 0 Å². The maximum atomic E-state index is 12.3. The molecule has 4 heteroatoms. The summed E-state index contributed by atoms with van der Waals surface area (Å²) in [5.41, 5.74) is 4.83. The van der Waals surface area contributed by atoms with Crippen LogP contribution in [0.25, 0.3) is 0 Å². The molecule has 0 radical (unpaired) electrons. The van der Waals surface area contributed by atoms with Crippen molar-refractivity contribution >= 4 is 17.3 Å². The van der Waals surface area contributed by atoms with Crippen LogP contribution in [-0.4, -0.2) is 17.7 Å². The topological polar surface area (TPSA) is 50.7 Å². The molecule has 0 aromatic heterocycles. The maximum absolute atomic E-state index is 12.3. The fraction of sp³-hybridized carbons (Fsp3) is 0.222. The van der Waals surface area contributed by atoms with Crippen LogP contribution in [0.3, 0.4) is 0 Å². The Labute approximate surface area is 129 Å². The second kappa shape index (κ2) is 6.02. The summed E-state index contributed by atoms with van der Waals surface area (Å²) < 4.78 is 0. The average molecular weight is 294 g/mol. The first-order chi connectivity index (χ1) is 10.6. The van der Waals surface area contributed by atoms with Crippen LogP contribution in [0.1, 0.15) is 23.1 Å². The third-order valence-corrected chi connectivity index (χ3v) is 3.93. The summed E-state index contributed by atoms with van der Waals surface area (Å²) in [7, 11) is 0. The van der Waals surface area contributed by atoms with E-state index in [0.29, 0.717) is 6.42 Å². The smallest absolute Gasteiger partial charge is 0.268 e. The van der Waals surface area contributed by atoms with Gasteiger partial charge in [0.05, 0.1) is 5.71 Å². The quantitative estimate of drug-likeness (QED) is 0.942. The summed E-state index contributed by atoms with van der Waals surface area (Å²) in [5.74, 6) is -0.164. The van der Waals surface area contributed by atoms with Crippen molar-refractivity contribution in [2.45, 2.75) is 26.4 Å². The van der Waals surface area contributed by atoms with Crippen LogP contribution in [0, 0.1) is 13.8 Å². The number of aryl methyl sites for hydroxylation is 1. The third kappa shape index (κ3) is 2.86. The largest absolute Gasteiger partial charge is 0.382 e. The fourth-order valence-corrected chi connectivity index (χ4v) is 2.42. The molecule has 0 aliphatic carbocycles. The molecule has 4 nitrogen and oxygen atoms in total. The zero-order valence-corrected chi connectivity index (χ0v) is 12.7. The molecule has 0 unspecified atom stereocenters. The Balaban J connectivity index is 1.67. The monoisotopic (exact) mass is 294 g/mol. The molecule has 0 bridgehead atoms. The molecule has 1 atom stereocenters. The number of carbonyl (C=O) groups excluding carboxylic acids is 1. The number of rotatable bonds is 3. The van der Waals surface area contributed by atoms with Crippen molar-refractivity contribution in [3.05, 3.63) is 65.2 Å². The van der Waals surface area contributed by atoms with Crippen molar-refractivity contribution in [1.29, 1.82) is 0 Å². The molecule has 22 heavy (non-hydrogen) atoms. The van der Waals surface area contributed by atoms with Crippen LogP contribution >= 0.6 is 0 Å². The van der Waals surface area contributed by atoms with E-state index in [1.165, 1.54) is 0 Å². The normalized spacial score (nSPS) is 16.8. The Morgan fingerprint density at radius 2 is 1.91 bits per heavy atom. The standard InChI is InChI=1S/C18H18N2O2/c1-12-7-6-10-15(13(12)2)19-18(21)17-11-16(20-22-17)14-8-4-3-5-9-14/h3-10,17H,11H2,1-2H3,(H,19,21)/t17-/m0/s1. The zero-order valence-electron chi connectivity index (χ0n) is 12.7. The summed E-state index contributed by atoms with van der Waals surface area (Å²) in [6.45, 7) is 4.01. The van der Waals surface area contributed by atoms with Crippen molar-refractivity contribution in [3.8, 4) is 0 Å². The lowest BCUT2D eigenvalue weighted by atomic mass is 10.0. The Kier molecular flexibility index (Phi) is 3.92. The molecule has 1 N–H and O–H groups in total. The van der Waals surface area contributed by atoms with Gasteiger partial charge < -0.3 is 10.2 Å². The van der Waals surface area contributed by atoms with E-state index in [1.807, 2.05) is 62.4 Å². The first-order valence-corrected chi connectivity index (χ1v) is 7.30. The molecule has 3 rings (SSSR count). The third-order valence-electron chi connectivity index (χ3n) is 3.93. The molecule has 0 spiro atoms. The van der Waals surface area contributed by atoms with E-state index in [4.69, 9.17) is 4.84 Å². The number of carbonyl (C=O) groups is 1. The summed E-state index contributed by atoms with van der Waals surface area (Å²) in [6.07, 6.45) is -0.0871. The Bertz CT molecular complexity index is 723. The molecule has 0 fully saturated rings. The van der Waals surface area contributed by atoms with Crippen molar-refractivity contribution in [2.24, 2.45) is 5.16 Å². The van der Waals surface area contributed by atoms with Gasteiger partial charge in [-0.05, 0) is 36.6 Å². The van der Waals surface area contributed by atoms with Gasteiger partial charge in [0, 0.05) is 12.1 Å². The zero-order chi connectivity index (χ0) is 15.5. The van der Waals surface area contributed by atoms with Crippen LogP contribution in [0.4, 0.5) is 5.69 Å². The summed E-state index contributed by atoms with van der Waals surface area (Å²) >= 11 is 0. The summed E-state index contributed by atoms with van der Waals surface area (Å²) in [6, 6.07) is 15.6. The van der Waals surface area contributed by atoms with Crippen molar-refractivity contribution < 1.29 is 9.63 Å². The fourth-order valence-electron chi connectivity index (χ4n) is 2.42. The van der Waals surface area contributed by atoms with E-state index in [1.54, 1.807) is 0 Å². The highest BCUT2D eigenvalue weighted by Crippen LogP contribution is 2.21. The summed E-state index contributed by atoms with van der Waals surface area (Å²) in [4.78, 5) is 17.6. The number of amides is 1. The molecule has 0 saturated heterocycles. The number of anilines is 1. The minimum absolute atomic E-state index is 0.164. The van der Waals surface area contributed by atoms with E-state index >= 15 is 0 Å². The average Bonchev–Trinajstić information content (AvgIpc) is 3.03. The van der Waals surface area contributed by atoms with Crippen LogP contribution in [0.5, 0.6) is 0 Å². The number of hydrogen-bond acceptors (Lipinski definition) is 3. The lowest BCUT2D eigenvalue weighted by molar-refractivity contribution is -0.125. The molecule has 2 aromatic carbocycles. The molecular weight excluding hydrogens is 276 g/mol. The summed E-state index contributed by atoms with van der Waals surface area (Å²) in [5, 5.41) is 6.97. The van der Waals surface area contributed by atoms with E-state index in [2.05, 4.69) is 10.5 Å². The van der Waals surface area contributed by atoms with E-state index in [0.717, 1.165) is 28.1 Å². The number of benzene rings is 2. The maximum Gasteiger partial charge on any atom is 0.268 e. The van der Waals surface area contributed by atoms with Gasteiger partial charge in [-0.2, -0.15) is 0 Å². The first kappa shape index (κ1) is 14.3. The molecule has 112 valence electrons. The molecule has 1 amide bonds. The number of nitrogens with zero attached hydrogens (tertiary/aromatic N) is 1. The minimum atomic E-state index is -0.574. The van der Waals surface area contributed by atoms with Crippen molar-refractivity contribution in [3.63, 3.8) is 0 Å². The highest BCUT2D eigenvalue weighted by molar-refractivity contribution is 6.06. The van der Waals surface area contributed by atoms with Gasteiger partial charge in [-0.3, -0.25) is 4.79 Å². The lowest BCUT2D eigenvalue weighted by Crippen LogP contribution is -2.28. The van der Waals surface area contributed by atoms with E-state index in [9.17, 15) is 4.79 Å². The molecule has 2 aromatic rings. The predicted octanol–water partition coefficient (Wildman–Crippen LogP) is 3.44. The Morgan fingerprint density at radius 1 is 1.14 bits per heavy atom. The minimum Gasteiger partial charge on any atom is -0.382 e. The van der Waals surface area contributed by atoms with E-state index in [-0.39, 0.29) is 5.91 Å². The van der Waals surface area contributed by atoms with Gasteiger partial charge in [-0.15, -0.1) is 0 Å². The van der Waals surface area contributed by atoms with Gasteiger partial charge in [0.1, 0.15) is 0 Å². The Hall–Kier alpha value is -2.62. The molecule has 1 aliphatic heterocycles. The van der Waals surface area contributed by atoms with Gasteiger partial charge in [-0.1, -0.05) is 47.6 Å². The molecule has 1 heterocycles. The van der Waals surface area contributed by atoms with Crippen LogP contribution < -0.4 is 5.32 Å². The number of oxime groups is 1. The van der Waals surface area contributed by atoms with Gasteiger partial charge >= 0.3 is 0 Å². The highest BCUT2D eigenvalue weighted by atomic mass is 16.6. The van der Waals surface area contributed by atoms with Crippen molar-refractivity contribution in [1.82, 2.24) is 0 Å². The van der Waals surface area contributed by atoms with Gasteiger partial charge in [0.25, 0.3) is 5.91 Å². The number of hydrogen-bond donors (Lipinski definition) is 1. The van der Waals surface area contributed by atoms with Crippen LogP contribution in [0.2, 0.25) is 0 Å². The Morgan fingerprint density at radius 3 is 2.68 bits per heavy atom. The van der Waals surface area contributed by atoms with Gasteiger partial charge in [0.2, 0.25) is 6.10 Å². The lowest BCUT2D eigenvalue weighted by Gasteiger charge is -2.12. The first-order valence-electron chi connectivity index (χ1n) is 7.30. The van der Waals surface area contributed by atoms with Crippen LogP contribution in [0.15, 0.2) is 53.7 Å². The predicted molar refractivity (Wildman–Crippen MR) is 87.0 cm³/mol. The number of nitrogens with one attached hydrogen (secondary N) is 1. The molecular formula is C18H18N2O2. The van der Waals surface area contributed by atoms with E-state index < -0.39 is 6.10 Å². The SMILES string of the molecule is Cc1cccc(NC(=O)[C@@H]2CC(c3ccccc3)=NO2)c1C. The second-order valence-corrected chi connectivity index (χ2v) is 5.44. The second-order valence-electron chi connectivity index (χ2n) is 5.44.